The van der Waals surface area contributed by atoms with Crippen LogP contribution in [0.4, 0.5) is 0 Å². The molecule has 0 amide bonds. The minimum absolute atomic E-state index is 0.640. The van der Waals surface area contributed by atoms with Gasteiger partial charge in [0.05, 0.1) is 13.2 Å². The fourth-order valence-corrected chi connectivity index (χ4v) is 2.87. The van der Waals surface area contributed by atoms with Crippen LogP contribution < -0.4 is 10.6 Å². The van der Waals surface area contributed by atoms with Crippen molar-refractivity contribution < 1.29 is 14.2 Å². The average molecular weight is 378 g/mol. The topological polar surface area (TPSA) is 64.1 Å². The van der Waals surface area contributed by atoms with Crippen molar-refractivity contribution in [1.82, 2.24) is 10.6 Å². The molecule has 2 rings (SSSR count). The van der Waals surface area contributed by atoms with Crippen LogP contribution in [0.2, 0.25) is 0 Å². The van der Waals surface area contributed by atoms with Crippen molar-refractivity contribution in [2.45, 2.75) is 32.8 Å². The van der Waals surface area contributed by atoms with E-state index in [1.165, 1.54) is 5.56 Å². The zero-order valence-electron chi connectivity index (χ0n) is 16.6. The minimum atomic E-state index is 0.640. The quantitative estimate of drug-likeness (QED) is 0.333. The molecule has 152 valence electrons. The van der Waals surface area contributed by atoms with E-state index in [0.717, 1.165) is 71.3 Å². The second kappa shape index (κ2) is 14.4. The van der Waals surface area contributed by atoms with Crippen LogP contribution >= 0.6 is 0 Å². The van der Waals surface area contributed by atoms with Crippen LogP contribution in [-0.2, 0) is 20.8 Å². The monoisotopic (exact) mass is 377 g/mol. The van der Waals surface area contributed by atoms with Gasteiger partial charge < -0.3 is 24.8 Å². The van der Waals surface area contributed by atoms with E-state index in [2.05, 4.69) is 34.7 Å². The lowest BCUT2D eigenvalue weighted by molar-refractivity contribution is 0.0205. The Kier molecular flexibility index (Phi) is 11.6. The predicted molar refractivity (Wildman–Crippen MR) is 109 cm³/mol. The largest absolute Gasteiger partial charge is 0.381 e. The van der Waals surface area contributed by atoms with E-state index in [9.17, 15) is 0 Å². The van der Waals surface area contributed by atoms with E-state index < -0.39 is 0 Å². The van der Waals surface area contributed by atoms with E-state index in [0.29, 0.717) is 19.1 Å². The molecule has 0 atom stereocenters. The fourth-order valence-electron chi connectivity index (χ4n) is 2.87. The van der Waals surface area contributed by atoms with Crippen LogP contribution in [0, 0.1) is 5.92 Å². The Morgan fingerprint density at radius 3 is 2.70 bits per heavy atom. The normalized spacial score (nSPS) is 15.7. The van der Waals surface area contributed by atoms with Crippen molar-refractivity contribution >= 4 is 5.96 Å². The van der Waals surface area contributed by atoms with Gasteiger partial charge in [0.1, 0.15) is 0 Å². The second-order valence-electron chi connectivity index (χ2n) is 6.71. The lowest BCUT2D eigenvalue weighted by Crippen LogP contribution is -2.39. The van der Waals surface area contributed by atoms with Crippen LogP contribution in [0.15, 0.2) is 35.3 Å². The number of nitrogens with one attached hydrogen (secondary N) is 2. The molecule has 0 spiro atoms. The molecule has 0 aliphatic carbocycles. The SMILES string of the molecule is CCNC(=NCCCOCC1CCOCC1)NCCOCc1ccccc1. The average Bonchev–Trinajstić information content (AvgIpc) is 2.71. The molecule has 6 heteroatoms. The van der Waals surface area contributed by atoms with Crippen LogP contribution in [0.25, 0.3) is 0 Å². The van der Waals surface area contributed by atoms with Gasteiger partial charge in [-0.25, -0.2) is 0 Å². The number of hydrogen-bond donors (Lipinski definition) is 2. The van der Waals surface area contributed by atoms with Crippen molar-refractivity contribution in [3.8, 4) is 0 Å². The van der Waals surface area contributed by atoms with Crippen molar-refractivity contribution in [3.05, 3.63) is 35.9 Å². The lowest BCUT2D eigenvalue weighted by Gasteiger charge is -2.21. The van der Waals surface area contributed by atoms with Crippen molar-refractivity contribution in [1.29, 1.82) is 0 Å². The van der Waals surface area contributed by atoms with E-state index in [1.807, 2.05) is 18.2 Å². The van der Waals surface area contributed by atoms with Gasteiger partial charge in [-0.1, -0.05) is 30.3 Å². The minimum Gasteiger partial charge on any atom is -0.381 e. The molecule has 0 bridgehead atoms. The highest BCUT2D eigenvalue weighted by Crippen LogP contribution is 2.14. The first-order valence-corrected chi connectivity index (χ1v) is 10.2. The Balaban J connectivity index is 1.51. The number of nitrogens with zero attached hydrogens (tertiary/aromatic N) is 1. The summed E-state index contributed by atoms with van der Waals surface area (Å²) in [6.07, 6.45) is 3.18. The molecule has 0 unspecified atom stereocenters. The van der Waals surface area contributed by atoms with E-state index in [-0.39, 0.29) is 0 Å². The maximum atomic E-state index is 5.78. The number of aliphatic imine (C=N–C) groups is 1. The van der Waals surface area contributed by atoms with Gasteiger partial charge in [0, 0.05) is 46.1 Å². The molecular formula is C21H35N3O3. The maximum Gasteiger partial charge on any atom is 0.191 e. The molecule has 1 saturated heterocycles. The first-order valence-electron chi connectivity index (χ1n) is 10.2. The summed E-state index contributed by atoms with van der Waals surface area (Å²) in [7, 11) is 0. The number of benzene rings is 1. The third-order valence-corrected chi connectivity index (χ3v) is 4.41. The summed E-state index contributed by atoms with van der Waals surface area (Å²) in [4.78, 5) is 4.59. The third-order valence-electron chi connectivity index (χ3n) is 4.41. The first kappa shape index (κ1) is 21.7. The molecular weight excluding hydrogens is 342 g/mol. The molecule has 0 saturated carbocycles. The summed E-state index contributed by atoms with van der Waals surface area (Å²) in [5.74, 6) is 1.50. The molecule has 1 aromatic rings. The molecule has 6 nitrogen and oxygen atoms in total. The molecule has 0 radical (unpaired) electrons. The molecule has 0 aromatic heterocycles. The van der Waals surface area contributed by atoms with Gasteiger partial charge in [-0.2, -0.15) is 0 Å². The first-order chi connectivity index (χ1) is 13.4. The molecule has 1 heterocycles. The van der Waals surface area contributed by atoms with Crippen molar-refractivity contribution in [2.24, 2.45) is 10.9 Å². The highest BCUT2D eigenvalue weighted by atomic mass is 16.5. The highest BCUT2D eigenvalue weighted by molar-refractivity contribution is 5.79. The molecule has 2 N–H and O–H groups in total. The van der Waals surface area contributed by atoms with Crippen LogP contribution in [0.3, 0.4) is 0 Å². The summed E-state index contributed by atoms with van der Waals surface area (Å²) in [5.41, 5.74) is 1.19. The Morgan fingerprint density at radius 2 is 1.93 bits per heavy atom. The standard InChI is InChI=1S/C21H35N3O3/c1-2-22-21(24-12-16-27-17-19-7-4-3-5-8-19)23-11-6-13-26-18-20-9-14-25-15-10-20/h3-5,7-8,20H,2,6,9-18H2,1H3,(H2,22,23,24). The molecule has 1 aromatic carbocycles. The van der Waals surface area contributed by atoms with Gasteiger partial charge in [-0.15, -0.1) is 0 Å². The summed E-state index contributed by atoms with van der Waals surface area (Å²) in [6.45, 7) is 9.07. The number of guanidine groups is 1. The zero-order chi connectivity index (χ0) is 19.0. The highest BCUT2D eigenvalue weighted by Gasteiger charge is 2.13. The fraction of sp³-hybridized carbons (Fsp3) is 0.667. The van der Waals surface area contributed by atoms with Gasteiger partial charge in [-0.3, -0.25) is 4.99 Å². The van der Waals surface area contributed by atoms with E-state index in [4.69, 9.17) is 14.2 Å². The van der Waals surface area contributed by atoms with Gasteiger partial charge in [0.25, 0.3) is 0 Å². The Hall–Kier alpha value is -1.63. The van der Waals surface area contributed by atoms with Crippen LogP contribution in [-0.4, -0.2) is 58.6 Å². The lowest BCUT2D eigenvalue weighted by atomic mass is 10.0. The predicted octanol–water partition coefficient (Wildman–Crippen LogP) is 2.59. The Morgan fingerprint density at radius 1 is 1.11 bits per heavy atom. The third kappa shape index (κ3) is 10.3. The van der Waals surface area contributed by atoms with Crippen LogP contribution in [0.1, 0.15) is 31.7 Å². The Bertz CT molecular complexity index is 505. The summed E-state index contributed by atoms with van der Waals surface area (Å²) in [5, 5.41) is 6.57. The van der Waals surface area contributed by atoms with Crippen molar-refractivity contribution in [3.63, 3.8) is 0 Å². The second-order valence-corrected chi connectivity index (χ2v) is 6.71. The van der Waals surface area contributed by atoms with E-state index in [1.54, 1.807) is 0 Å². The number of hydrogen-bond acceptors (Lipinski definition) is 4. The van der Waals surface area contributed by atoms with Gasteiger partial charge in [0.2, 0.25) is 0 Å². The molecule has 1 fully saturated rings. The molecule has 1 aliphatic heterocycles. The summed E-state index contributed by atoms with van der Waals surface area (Å²) >= 11 is 0. The molecule has 1 aliphatic rings. The molecule has 27 heavy (non-hydrogen) atoms. The van der Waals surface area contributed by atoms with E-state index >= 15 is 0 Å². The summed E-state index contributed by atoms with van der Waals surface area (Å²) in [6, 6.07) is 10.2. The summed E-state index contributed by atoms with van der Waals surface area (Å²) < 4.78 is 16.8. The Labute approximate surface area is 163 Å². The number of rotatable bonds is 12. The van der Waals surface area contributed by atoms with Crippen molar-refractivity contribution in [2.75, 3.05) is 52.7 Å². The smallest absolute Gasteiger partial charge is 0.191 e. The van der Waals surface area contributed by atoms with Gasteiger partial charge in [-0.05, 0) is 37.7 Å². The number of ether oxygens (including phenoxy) is 3. The zero-order valence-corrected chi connectivity index (χ0v) is 16.6. The van der Waals surface area contributed by atoms with Crippen LogP contribution in [0.5, 0.6) is 0 Å². The maximum absolute atomic E-state index is 5.78. The van der Waals surface area contributed by atoms with Gasteiger partial charge >= 0.3 is 0 Å². The van der Waals surface area contributed by atoms with Gasteiger partial charge in [0.15, 0.2) is 5.96 Å².